The molecule has 6 aromatic rings. The lowest BCUT2D eigenvalue weighted by molar-refractivity contribution is 0.590. The van der Waals surface area contributed by atoms with Crippen molar-refractivity contribution in [3.8, 4) is 32.6 Å². The van der Waals surface area contributed by atoms with Crippen molar-refractivity contribution in [2.24, 2.45) is 0 Å². The van der Waals surface area contributed by atoms with Gasteiger partial charge in [-0.1, -0.05) is 65.8 Å². The third-order valence-corrected chi connectivity index (χ3v) is 9.34. The monoisotopic (exact) mass is 544 g/mol. The molecule has 0 aliphatic rings. The van der Waals surface area contributed by atoms with Gasteiger partial charge in [-0.25, -0.2) is 0 Å². The van der Waals surface area contributed by atoms with Crippen molar-refractivity contribution in [1.82, 2.24) is 4.57 Å². The fraction of sp³-hybridized carbons (Fsp3) is 0.229. The van der Waals surface area contributed by atoms with Crippen LogP contribution in [-0.2, 0) is 10.8 Å². The van der Waals surface area contributed by atoms with Crippen molar-refractivity contribution in [3.05, 3.63) is 100 Å². The van der Waals surface area contributed by atoms with Gasteiger partial charge in [0.1, 0.15) is 0 Å². The smallest absolute Gasteiger partial charge is 0.0992 e. The molecule has 3 aromatic heterocycles. The number of hydrogen-bond acceptors (Lipinski definition) is 3. The Kier molecular flexibility index (Phi) is 6.06. The van der Waals surface area contributed by atoms with E-state index in [2.05, 4.69) is 136 Å². The predicted octanol–water partition coefficient (Wildman–Crippen LogP) is 10.7. The second kappa shape index (κ2) is 9.23. The zero-order valence-electron chi connectivity index (χ0n) is 23.3. The number of rotatable bonds is 3. The van der Waals surface area contributed by atoms with Gasteiger partial charge in [0, 0.05) is 31.7 Å². The lowest BCUT2D eigenvalue weighted by atomic mass is 9.85. The maximum absolute atomic E-state index is 10.0. The van der Waals surface area contributed by atoms with Gasteiger partial charge in [-0.05, 0) is 81.2 Å². The summed E-state index contributed by atoms with van der Waals surface area (Å²) in [6.07, 6.45) is 0. The van der Waals surface area contributed by atoms with Gasteiger partial charge in [0.05, 0.1) is 28.4 Å². The lowest BCUT2D eigenvalue weighted by Gasteiger charge is -2.20. The first-order valence-electron chi connectivity index (χ1n) is 13.3. The van der Waals surface area contributed by atoms with Gasteiger partial charge in [-0.2, -0.15) is 5.26 Å². The fourth-order valence-electron chi connectivity index (χ4n) is 5.38. The quantitative estimate of drug-likeness (QED) is 0.218. The topological polar surface area (TPSA) is 28.7 Å². The maximum Gasteiger partial charge on any atom is 0.0992 e. The molecule has 0 aliphatic heterocycles. The molecule has 0 saturated heterocycles. The highest BCUT2D eigenvalue weighted by molar-refractivity contribution is 7.14. The molecule has 0 unspecified atom stereocenters. The summed E-state index contributed by atoms with van der Waals surface area (Å²) in [6.45, 7) is 13.7. The molecule has 0 radical (unpaired) electrons. The van der Waals surface area contributed by atoms with Crippen LogP contribution in [0.4, 0.5) is 0 Å². The SMILES string of the molecule is CC(C)(C)c1ccc2c(c1)c1cc(C(C)(C)C)ccc1n2-c1c(-c2cccs2)cc(C#N)cc1-c1cccs1. The summed E-state index contributed by atoms with van der Waals surface area (Å²) in [6, 6.07) is 29.0. The molecule has 2 nitrogen and oxygen atoms in total. The van der Waals surface area contributed by atoms with Crippen molar-refractivity contribution in [3.63, 3.8) is 0 Å². The third-order valence-electron chi connectivity index (χ3n) is 7.53. The number of thiophene rings is 2. The van der Waals surface area contributed by atoms with Gasteiger partial charge in [0.15, 0.2) is 0 Å². The van der Waals surface area contributed by atoms with Crippen LogP contribution in [0.5, 0.6) is 0 Å². The Labute approximate surface area is 238 Å². The van der Waals surface area contributed by atoms with E-state index < -0.39 is 0 Å². The molecule has 0 saturated carbocycles. The van der Waals surface area contributed by atoms with Crippen molar-refractivity contribution >= 4 is 44.5 Å². The summed E-state index contributed by atoms with van der Waals surface area (Å²) in [4.78, 5) is 2.32. The Hall–Kier alpha value is -3.65. The molecule has 0 atom stereocenters. The number of fused-ring (bicyclic) bond motifs is 3. The van der Waals surface area contributed by atoms with Crippen LogP contribution >= 0.6 is 22.7 Å². The maximum atomic E-state index is 10.0. The molecule has 0 N–H and O–H groups in total. The molecule has 3 aromatic carbocycles. The molecule has 0 aliphatic carbocycles. The first-order chi connectivity index (χ1) is 18.6. The van der Waals surface area contributed by atoms with Crippen LogP contribution in [0.2, 0.25) is 0 Å². The van der Waals surface area contributed by atoms with E-state index in [9.17, 15) is 5.26 Å². The molecule has 4 heteroatoms. The normalized spacial score (nSPS) is 12.3. The summed E-state index contributed by atoms with van der Waals surface area (Å²) in [5.41, 5.74) is 9.10. The van der Waals surface area contributed by atoms with E-state index in [-0.39, 0.29) is 10.8 Å². The highest BCUT2D eigenvalue weighted by atomic mass is 32.1. The molecule has 0 fully saturated rings. The predicted molar refractivity (Wildman–Crippen MR) is 170 cm³/mol. The summed E-state index contributed by atoms with van der Waals surface area (Å²) >= 11 is 3.43. The number of aromatic nitrogens is 1. The average molecular weight is 545 g/mol. The molecule has 0 amide bonds. The summed E-state index contributed by atoms with van der Waals surface area (Å²) in [5, 5.41) is 16.8. The molecule has 39 heavy (non-hydrogen) atoms. The zero-order valence-corrected chi connectivity index (χ0v) is 24.9. The molecular weight excluding hydrogens is 513 g/mol. The highest BCUT2D eigenvalue weighted by Crippen LogP contribution is 2.45. The van der Waals surface area contributed by atoms with E-state index in [0.29, 0.717) is 5.56 Å². The Morgan fingerprint density at radius 3 is 1.46 bits per heavy atom. The van der Waals surface area contributed by atoms with Crippen LogP contribution in [-0.4, -0.2) is 4.57 Å². The first-order valence-corrected chi connectivity index (χ1v) is 15.1. The van der Waals surface area contributed by atoms with Crippen LogP contribution in [0.3, 0.4) is 0 Å². The number of hydrogen-bond donors (Lipinski definition) is 0. The van der Waals surface area contributed by atoms with Gasteiger partial charge < -0.3 is 4.57 Å². The second-order valence-corrected chi connectivity index (χ2v) is 14.2. The van der Waals surface area contributed by atoms with Gasteiger partial charge in [-0.3, -0.25) is 0 Å². The fourth-order valence-corrected chi connectivity index (χ4v) is 6.86. The molecular formula is C35H32N2S2. The minimum Gasteiger partial charge on any atom is -0.308 e. The number of nitrogens with zero attached hydrogens (tertiary/aromatic N) is 2. The van der Waals surface area contributed by atoms with E-state index in [0.717, 1.165) is 26.6 Å². The number of benzene rings is 3. The van der Waals surface area contributed by atoms with Crippen LogP contribution in [0, 0.1) is 11.3 Å². The van der Waals surface area contributed by atoms with Crippen molar-refractivity contribution in [1.29, 1.82) is 5.26 Å². The highest BCUT2D eigenvalue weighted by Gasteiger charge is 2.24. The van der Waals surface area contributed by atoms with Crippen LogP contribution in [0.1, 0.15) is 58.2 Å². The van der Waals surface area contributed by atoms with Crippen LogP contribution in [0.15, 0.2) is 83.6 Å². The van der Waals surface area contributed by atoms with Gasteiger partial charge in [0.25, 0.3) is 0 Å². The second-order valence-electron chi connectivity index (χ2n) is 12.3. The molecule has 0 bridgehead atoms. The zero-order chi connectivity index (χ0) is 27.5. The van der Waals surface area contributed by atoms with Gasteiger partial charge in [0.2, 0.25) is 0 Å². The molecule has 194 valence electrons. The minimum absolute atomic E-state index is 0.0446. The summed E-state index contributed by atoms with van der Waals surface area (Å²) < 4.78 is 2.44. The third kappa shape index (κ3) is 4.40. The summed E-state index contributed by atoms with van der Waals surface area (Å²) in [5.74, 6) is 0. The van der Waals surface area contributed by atoms with E-state index >= 15 is 0 Å². The molecule has 6 rings (SSSR count). The van der Waals surface area contributed by atoms with Crippen molar-refractivity contribution < 1.29 is 0 Å². The van der Waals surface area contributed by atoms with E-state index in [4.69, 9.17) is 0 Å². The first kappa shape index (κ1) is 25.6. The van der Waals surface area contributed by atoms with Crippen LogP contribution in [0.25, 0.3) is 48.4 Å². The average Bonchev–Trinajstić information content (AvgIpc) is 3.67. The van der Waals surface area contributed by atoms with Crippen molar-refractivity contribution in [2.75, 3.05) is 0 Å². The lowest BCUT2D eigenvalue weighted by Crippen LogP contribution is -2.10. The number of nitriles is 1. The van der Waals surface area contributed by atoms with Crippen LogP contribution < -0.4 is 0 Å². The Morgan fingerprint density at radius 1 is 0.641 bits per heavy atom. The summed E-state index contributed by atoms with van der Waals surface area (Å²) in [7, 11) is 0. The van der Waals surface area contributed by atoms with Crippen molar-refractivity contribution in [2.45, 2.75) is 52.4 Å². The Morgan fingerprint density at radius 2 is 1.10 bits per heavy atom. The van der Waals surface area contributed by atoms with E-state index in [1.165, 1.54) is 32.9 Å². The van der Waals surface area contributed by atoms with E-state index in [1.54, 1.807) is 22.7 Å². The van der Waals surface area contributed by atoms with Gasteiger partial charge >= 0.3 is 0 Å². The largest absolute Gasteiger partial charge is 0.308 e. The molecule has 0 spiro atoms. The van der Waals surface area contributed by atoms with E-state index in [1.807, 2.05) is 0 Å². The Bertz CT molecular complexity index is 1740. The minimum atomic E-state index is 0.0446. The standard InChI is InChI=1S/C35H32N2S2/c1-34(2,3)23-11-13-29-25(19-23)26-20-24(35(4,5)6)12-14-30(26)37(29)33-27(31-9-7-15-38-31)17-22(21-36)18-28(33)32-10-8-16-39-32/h7-20H,1-6H3. The van der Waals surface area contributed by atoms with Gasteiger partial charge in [-0.15, -0.1) is 22.7 Å². The molecule has 3 heterocycles. The Balaban J connectivity index is 1.81.